The van der Waals surface area contributed by atoms with Crippen LogP contribution in [-0.2, 0) is 6.42 Å². The second kappa shape index (κ2) is 3.37. The van der Waals surface area contributed by atoms with Crippen molar-refractivity contribution in [2.24, 2.45) is 5.41 Å². The van der Waals surface area contributed by atoms with Crippen molar-refractivity contribution in [3.05, 3.63) is 35.4 Å². The van der Waals surface area contributed by atoms with E-state index in [0.717, 1.165) is 11.1 Å². The Kier molecular flexibility index (Phi) is 2.16. The molecule has 0 aromatic heterocycles. The average molecular weight is 236 g/mol. The first-order valence-corrected chi connectivity index (χ1v) is 6.03. The maximum atomic E-state index is 13.2. The second-order valence-corrected chi connectivity index (χ2v) is 5.30. The van der Waals surface area contributed by atoms with Crippen LogP contribution < -0.4 is 0 Å². The highest BCUT2D eigenvalue weighted by atomic mass is 19.3. The molecule has 3 heteroatoms. The van der Waals surface area contributed by atoms with Crippen molar-refractivity contribution in [2.75, 3.05) is 0 Å². The molecule has 0 amide bonds. The van der Waals surface area contributed by atoms with Gasteiger partial charge in [-0.15, -0.1) is 0 Å². The maximum Gasteiger partial charge on any atom is 0.248 e. The fourth-order valence-electron chi connectivity index (χ4n) is 3.12. The molecule has 1 fully saturated rings. The molecule has 1 aromatic rings. The van der Waals surface area contributed by atoms with Crippen LogP contribution in [0.15, 0.2) is 24.3 Å². The minimum absolute atomic E-state index is 0.0867. The quantitative estimate of drug-likeness (QED) is 0.672. The van der Waals surface area contributed by atoms with Crippen molar-refractivity contribution in [1.29, 1.82) is 0 Å². The lowest BCUT2D eigenvalue weighted by atomic mass is 9.70. The molecule has 0 N–H and O–H groups in total. The number of alkyl halides is 2. The number of benzene rings is 1. The Hall–Kier alpha value is -1.25. The fraction of sp³-hybridized carbons (Fsp3) is 0.500. The molecule has 0 atom stereocenters. The summed E-state index contributed by atoms with van der Waals surface area (Å²) in [7, 11) is 0. The van der Waals surface area contributed by atoms with E-state index in [1.807, 2.05) is 24.3 Å². The molecule has 2 aliphatic rings. The van der Waals surface area contributed by atoms with E-state index in [1.54, 1.807) is 0 Å². The van der Waals surface area contributed by atoms with Gasteiger partial charge < -0.3 is 0 Å². The summed E-state index contributed by atoms with van der Waals surface area (Å²) >= 11 is 0. The van der Waals surface area contributed by atoms with Crippen LogP contribution in [0, 0.1) is 5.41 Å². The van der Waals surface area contributed by atoms with Crippen molar-refractivity contribution < 1.29 is 13.6 Å². The van der Waals surface area contributed by atoms with Crippen LogP contribution in [0.3, 0.4) is 0 Å². The molecule has 17 heavy (non-hydrogen) atoms. The third-order valence-electron chi connectivity index (χ3n) is 4.21. The molecule has 0 aliphatic heterocycles. The molecule has 2 aliphatic carbocycles. The van der Waals surface area contributed by atoms with Crippen LogP contribution in [0.25, 0.3) is 0 Å². The molecule has 1 spiro atoms. The average Bonchev–Trinajstić information content (AvgIpc) is 2.58. The lowest BCUT2D eigenvalue weighted by molar-refractivity contribution is -0.0586. The van der Waals surface area contributed by atoms with Gasteiger partial charge in [0.25, 0.3) is 0 Å². The topological polar surface area (TPSA) is 17.1 Å². The first-order valence-electron chi connectivity index (χ1n) is 6.03. The Morgan fingerprint density at radius 2 is 1.65 bits per heavy atom. The lowest BCUT2D eigenvalue weighted by Gasteiger charge is -2.35. The zero-order valence-corrected chi connectivity index (χ0v) is 9.51. The van der Waals surface area contributed by atoms with Crippen molar-refractivity contribution >= 4 is 5.78 Å². The van der Waals surface area contributed by atoms with Gasteiger partial charge in [0.15, 0.2) is 5.78 Å². The summed E-state index contributed by atoms with van der Waals surface area (Å²) in [4.78, 5) is 12.3. The van der Waals surface area contributed by atoms with Crippen molar-refractivity contribution in [3.8, 4) is 0 Å². The molecule has 0 bridgehead atoms. The number of carbonyl (C=O) groups is 1. The molecular weight excluding hydrogens is 222 g/mol. The smallest absolute Gasteiger partial charge is 0.248 e. The van der Waals surface area contributed by atoms with E-state index in [-0.39, 0.29) is 18.6 Å². The van der Waals surface area contributed by atoms with E-state index in [1.165, 1.54) is 0 Å². The number of ketones is 1. The van der Waals surface area contributed by atoms with Gasteiger partial charge in [-0.1, -0.05) is 24.3 Å². The largest absolute Gasteiger partial charge is 0.294 e. The molecule has 1 saturated carbocycles. The van der Waals surface area contributed by atoms with Gasteiger partial charge in [-0.2, -0.15) is 0 Å². The third-order valence-corrected chi connectivity index (χ3v) is 4.21. The van der Waals surface area contributed by atoms with Crippen LogP contribution in [0.2, 0.25) is 0 Å². The van der Waals surface area contributed by atoms with E-state index >= 15 is 0 Å². The highest BCUT2D eigenvalue weighted by molar-refractivity contribution is 6.04. The number of Topliss-reactive ketones (excluding diaryl/α,β-unsaturated/α-hetero) is 1. The Labute approximate surface area is 98.8 Å². The molecule has 3 rings (SSSR count). The van der Waals surface area contributed by atoms with Gasteiger partial charge >= 0.3 is 0 Å². The number of hydrogen-bond donors (Lipinski definition) is 0. The Morgan fingerprint density at radius 1 is 1.00 bits per heavy atom. The first kappa shape index (κ1) is 10.9. The van der Waals surface area contributed by atoms with Crippen LogP contribution >= 0.6 is 0 Å². The molecule has 1 aromatic carbocycles. The standard InChI is InChI=1S/C14H14F2O/c15-14(16)7-5-13(6-8-14)9-10-3-1-2-4-11(10)12(13)17/h1-4H,5-9H2. The summed E-state index contributed by atoms with van der Waals surface area (Å²) < 4.78 is 26.4. The molecule has 0 unspecified atom stereocenters. The lowest BCUT2D eigenvalue weighted by Crippen LogP contribution is -2.37. The van der Waals surface area contributed by atoms with E-state index in [9.17, 15) is 13.6 Å². The summed E-state index contributed by atoms with van der Waals surface area (Å²) in [6.45, 7) is 0. The van der Waals surface area contributed by atoms with Crippen LogP contribution in [0.5, 0.6) is 0 Å². The number of hydrogen-bond acceptors (Lipinski definition) is 1. The summed E-state index contributed by atoms with van der Waals surface area (Å²) in [5.74, 6) is -2.48. The van der Waals surface area contributed by atoms with Gasteiger partial charge in [-0.3, -0.25) is 4.79 Å². The van der Waals surface area contributed by atoms with Crippen LogP contribution in [-0.4, -0.2) is 11.7 Å². The van der Waals surface area contributed by atoms with Gasteiger partial charge in [0.05, 0.1) is 0 Å². The van der Waals surface area contributed by atoms with Crippen LogP contribution in [0.4, 0.5) is 8.78 Å². The monoisotopic (exact) mass is 236 g/mol. The molecule has 0 radical (unpaired) electrons. The maximum absolute atomic E-state index is 13.2. The fourth-order valence-corrected chi connectivity index (χ4v) is 3.12. The van der Waals surface area contributed by atoms with Crippen molar-refractivity contribution in [2.45, 2.75) is 38.0 Å². The van der Waals surface area contributed by atoms with Crippen LogP contribution in [0.1, 0.15) is 41.6 Å². The Balaban J connectivity index is 1.92. The zero-order valence-electron chi connectivity index (χ0n) is 9.51. The van der Waals surface area contributed by atoms with E-state index in [2.05, 4.69) is 0 Å². The van der Waals surface area contributed by atoms with E-state index < -0.39 is 11.3 Å². The number of rotatable bonds is 0. The van der Waals surface area contributed by atoms with Gasteiger partial charge in [0.1, 0.15) is 0 Å². The highest BCUT2D eigenvalue weighted by Gasteiger charge is 2.51. The van der Waals surface area contributed by atoms with E-state index in [4.69, 9.17) is 0 Å². The summed E-state index contributed by atoms with van der Waals surface area (Å²) in [6, 6.07) is 7.50. The summed E-state index contributed by atoms with van der Waals surface area (Å²) in [5.41, 5.74) is 1.26. The van der Waals surface area contributed by atoms with Gasteiger partial charge in [-0.25, -0.2) is 8.78 Å². The van der Waals surface area contributed by atoms with E-state index in [0.29, 0.717) is 19.3 Å². The SMILES string of the molecule is O=C1c2ccccc2CC12CCC(F)(F)CC2. The molecular formula is C14H14F2O. The first-order chi connectivity index (χ1) is 8.03. The predicted octanol–water partition coefficient (Wildman–Crippen LogP) is 3.62. The van der Waals surface area contributed by atoms with Gasteiger partial charge in [-0.05, 0) is 24.8 Å². The minimum atomic E-state index is -2.57. The zero-order chi connectivity index (χ0) is 12.1. The molecule has 1 nitrogen and oxygen atoms in total. The molecule has 0 heterocycles. The predicted molar refractivity (Wildman–Crippen MR) is 60.3 cm³/mol. The summed E-state index contributed by atoms with van der Waals surface area (Å²) in [5, 5.41) is 0. The molecule has 0 saturated heterocycles. The minimum Gasteiger partial charge on any atom is -0.294 e. The van der Waals surface area contributed by atoms with Crippen molar-refractivity contribution in [1.82, 2.24) is 0 Å². The summed E-state index contributed by atoms with van der Waals surface area (Å²) in [6.07, 6.45) is 1.01. The second-order valence-electron chi connectivity index (χ2n) is 5.30. The normalized spacial score (nSPS) is 24.9. The Morgan fingerprint density at radius 3 is 2.29 bits per heavy atom. The van der Waals surface area contributed by atoms with Gasteiger partial charge in [0.2, 0.25) is 5.92 Å². The third kappa shape index (κ3) is 1.60. The molecule has 90 valence electrons. The Bertz CT molecular complexity index is 469. The number of carbonyl (C=O) groups excluding carboxylic acids is 1. The number of halogens is 2. The van der Waals surface area contributed by atoms with Gasteiger partial charge in [0, 0.05) is 23.8 Å². The number of fused-ring (bicyclic) bond motifs is 1. The highest BCUT2D eigenvalue weighted by Crippen LogP contribution is 2.50. The van der Waals surface area contributed by atoms with Crippen molar-refractivity contribution in [3.63, 3.8) is 0 Å².